The highest BCUT2D eigenvalue weighted by Gasteiger charge is 2.01. The molecule has 0 radical (unpaired) electrons. The molecule has 18 heavy (non-hydrogen) atoms. The van der Waals surface area contributed by atoms with Crippen LogP contribution < -0.4 is 11.1 Å². The first-order valence-electron chi connectivity index (χ1n) is 5.82. The molecule has 0 unspecified atom stereocenters. The molecule has 0 bridgehead atoms. The van der Waals surface area contributed by atoms with Gasteiger partial charge in [-0.2, -0.15) is 0 Å². The number of pyridine rings is 1. The fourth-order valence-electron chi connectivity index (χ4n) is 1.66. The van der Waals surface area contributed by atoms with E-state index >= 15 is 0 Å². The summed E-state index contributed by atoms with van der Waals surface area (Å²) in [7, 11) is 0. The number of nitrogens with zero attached hydrogens (tertiary/aromatic N) is 1. The number of rotatable bonds is 4. The van der Waals surface area contributed by atoms with Crippen LogP contribution in [0, 0.1) is 0 Å². The lowest BCUT2D eigenvalue weighted by molar-refractivity contribution is 1.14. The highest BCUT2D eigenvalue weighted by Crippen LogP contribution is 2.16. The predicted molar refractivity (Wildman–Crippen MR) is 79.2 cm³/mol. The molecular formula is C14H15N3S. The quantitative estimate of drug-likeness (QED) is 0.827. The van der Waals surface area contributed by atoms with Gasteiger partial charge in [0.15, 0.2) is 0 Å². The highest BCUT2D eigenvalue weighted by atomic mass is 32.1. The molecule has 0 spiro atoms. The second kappa shape index (κ2) is 5.60. The Hall–Kier alpha value is -1.94. The minimum atomic E-state index is 0.306. The van der Waals surface area contributed by atoms with Crippen molar-refractivity contribution < 1.29 is 0 Å². The number of hydrogen-bond donors (Lipinski definition) is 2. The zero-order chi connectivity index (χ0) is 13.0. The average molecular weight is 257 g/mol. The van der Waals surface area contributed by atoms with E-state index in [1.807, 2.05) is 24.3 Å². The van der Waals surface area contributed by atoms with Crippen LogP contribution in [0.4, 0.5) is 11.5 Å². The summed E-state index contributed by atoms with van der Waals surface area (Å²) in [6, 6.07) is 13.8. The topological polar surface area (TPSA) is 50.9 Å². The van der Waals surface area contributed by atoms with E-state index in [0.29, 0.717) is 10.7 Å². The molecule has 2 rings (SSSR count). The number of anilines is 2. The van der Waals surface area contributed by atoms with Crippen molar-refractivity contribution in [3.05, 3.63) is 53.7 Å². The van der Waals surface area contributed by atoms with Crippen LogP contribution in [0.1, 0.15) is 18.2 Å². The van der Waals surface area contributed by atoms with Crippen LogP contribution >= 0.6 is 12.2 Å². The molecule has 0 saturated heterocycles. The maximum absolute atomic E-state index is 5.56. The van der Waals surface area contributed by atoms with Gasteiger partial charge in [0.25, 0.3) is 0 Å². The van der Waals surface area contributed by atoms with Crippen LogP contribution in [0.25, 0.3) is 0 Å². The van der Waals surface area contributed by atoms with Crippen LogP contribution in [0.15, 0.2) is 42.5 Å². The van der Waals surface area contributed by atoms with E-state index < -0.39 is 0 Å². The first-order valence-corrected chi connectivity index (χ1v) is 6.22. The summed E-state index contributed by atoms with van der Waals surface area (Å²) in [5.74, 6) is 0.744. The van der Waals surface area contributed by atoms with Gasteiger partial charge in [-0.3, -0.25) is 0 Å². The zero-order valence-corrected chi connectivity index (χ0v) is 11.0. The van der Waals surface area contributed by atoms with Gasteiger partial charge in [-0.15, -0.1) is 0 Å². The second-order valence-electron chi connectivity index (χ2n) is 3.95. The van der Waals surface area contributed by atoms with Crippen molar-refractivity contribution in [2.24, 2.45) is 5.73 Å². The van der Waals surface area contributed by atoms with Crippen molar-refractivity contribution in [1.29, 1.82) is 0 Å². The van der Waals surface area contributed by atoms with Crippen molar-refractivity contribution in [3.63, 3.8) is 0 Å². The summed E-state index contributed by atoms with van der Waals surface area (Å²) < 4.78 is 0. The zero-order valence-electron chi connectivity index (χ0n) is 10.2. The monoisotopic (exact) mass is 257 g/mol. The van der Waals surface area contributed by atoms with Gasteiger partial charge in [0, 0.05) is 5.69 Å². The average Bonchev–Trinajstić information content (AvgIpc) is 2.39. The van der Waals surface area contributed by atoms with Crippen molar-refractivity contribution >= 4 is 28.7 Å². The molecule has 2 aromatic rings. The molecular weight excluding hydrogens is 242 g/mol. The molecule has 3 nitrogen and oxygen atoms in total. The SMILES string of the molecule is CCc1cccc(Nc2cccc(C(N)=S)n2)c1. The third-order valence-corrected chi connectivity index (χ3v) is 2.82. The summed E-state index contributed by atoms with van der Waals surface area (Å²) in [6.07, 6.45) is 1.01. The maximum atomic E-state index is 5.56. The summed E-state index contributed by atoms with van der Waals surface area (Å²) in [5.41, 5.74) is 8.49. The number of nitrogens with one attached hydrogen (secondary N) is 1. The van der Waals surface area contributed by atoms with Gasteiger partial charge in [0.1, 0.15) is 10.8 Å². The Balaban J connectivity index is 2.22. The van der Waals surface area contributed by atoms with Gasteiger partial charge in [0.2, 0.25) is 0 Å². The van der Waals surface area contributed by atoms with Crippen molar-refractivity contribution in [2.45, 2.75) is 13.3 Å². The van der Waals surface area contributed by atoms with Crippen molar-refractivity contribution in [2.75, 3.05) is 5.32 Å². The minimum Gasteiger partial charge on any atom is -0.388 e. The lowest BCUT2D eigenvalue weighted by Gasteiger charge is -2.08. The Morgan fingerprint density at radius 3 is 2.78 bits per heavy atom. The molecule has 4 heteroatoms. The second-order valence-corrected chi connectivity index (χ2v) is 4.39. The fraction of sp³-hybridized carbons (Fsp3) is 0.143. The molecule has 0 amide bonds. The summed E-state index contributed by atoms with van der Waals surface area (Å²) >= 11 is 4.91. The van der Waals surface area contributed by atoms with E-state index in [1.54, 1.807) is 6.07 Å². The number of hydrogen-bond acceptors (Lipinski definition) is 3. The molecule has 0 aliphatic heterocycles. The number of nitrogens with two attached hydrogens (primary N) is 1. The third kappa shape index (κ3) is 3.05. The Labute approximate surface area is 112 Å². The Morgan fingerprint density at radius 2 is 2.06 bits per heavy atom. The first kappa shape index (κ1) is 12.5. The van der Waals surface area contributed by atoms with Crippen LogP contribution in [-0.4, -0.2) is 9.97 Å². The number of thiocarbonyl (C=S) groups is 1. The molecule has 1 aromatic heterocycles. The third-order valence-electron chi connectivity index (χ3n) is 2.61. The molecule has 3 N–H and O–H groups in total. The van der Waals surface area contributed by atoms with E-state index in [0.717, 1.165) is 17.9 Å². The molecule has 0 atom stereocenters. The van der Waals surface area contributed by atoms with Gasteiger partial charge >= 0.3 is 0 Å². The molecule has 0 aliphatic rings. The minimum absolute atomic E-state index is 0.306. The van der Waals surface area contributed by atoms with E-state index in [4.69, 9.17) is 18.0 Å². The smallest absolute Gasteiger partial charge is 0.131 e. The molecule has 0 fully saturated rings. The molecule has 1 heterocycles. The molecule has 0 aliphatic carbocycles. The summed E-state index contributed by atoms with van der Waals surface area (Å²) in [4.78, 5) is 4.65. The van der Waals surface area contributed by atoms with E-state index in [2.05, 4.69) is 29.4 Å². The van der Waals surface area contributed by atoms with Crippen LogP contribution in [0.2, 0.25) is 0 Å². The normalized spacial score (nSPS) is 10.1. The Kier molecular flexibility index (Phi) is 3.89. The molecule has 1 aromatic carbocycles. The standard InChI is InChI=1S/C14H15N3S/c1-2-10-5-3-6-11(9-10)16-13-8-4-7-12(17-13)14(15)18/h3-9H,2H2,1H3,(H2,15,18)(H,16,17). The Bertz CT molecular complexity index is 566. The Morgan fingerprint density at radius 1 is 1.28 bits per heavy atom. The fourth-order valence-corrected chi connectivity index (χ4v) is 1.77. The van der Waals surface area contributed by atoms with Gasteiger partial charge < -0.3 is 11.1 Å². The van der Waals surface area contributed by atoms with Crippen LogP contribution in [0.5, 0.6) is 0 Å². The van der Waals surface area contributed by atoms with Crippen LogP contribution in [-0.2, 0) is 6.42 Å². The van der Waals surface area contributed by atoms with E-state index in [-0.39, 0.29) is 0 Å². The predicted octanol–water partition coefficient (Wildman–Crippen LogP) is 3.02. The number of aromatic nitrogens is 1. The lowest BCUT2D eigenvalue weighted by Crippen LogP contribution is -2.12. The highest BCUT2D eigenvalue weighted by molar-refractivity contribution is 7.80. The first-order chi connectivity index (χ1) is 8.69. The number of benzene rings is 1. The van der Waals surface area contributed by atoms with E-state index in [9.17, 15) is 0 Å². The summed E-state index contributed by atoms with van der Waals surface area (Å²) in [6.45, 7) is 2.13. The van der Waals surface area contributed by atoms with Gasteiger partial charge in [-0.25, -0.2) is 4.98 Å². The van der Waals surface area contributed by atoms with Gasteiger partial charge in [-0.1, -0.05) is 37.3 Å². The largest absolute Gasteiger partial charge is 0.388 e. The van der Waals surface area contributed by atoms with Crippen molar-refractivity contribution in [1.82, 2.24) is 4.98 Å². The number of aryl methyl sites for hydroxylation is 1. The maximum Gasteiger partial charge on any atom is 0.131 e. The molecule has 92 valence electrons. The summed E-state index contributed by atoms with van der Waals surface area (Å²) in [5, 5.41) is 3.25. The van der Waals surface area contributed by atoms with Gasteiger partial charge in [-0.05, 0) is 36.2 Å². The van der Waals surface area contributed by atoms with Crippen LogP contribution in [0.3, 0.4) is 0 Å². The van der Waals surface area contributed by atoms with Gasteiger partial charge in [0.05, 0.1) is 5.69 Å². The van der Waals surface area contributed by atoms with Crippen molar-refractivity contribution in [3.8, 4) is 0 Å². The lowest BCUT2D eigenvalue weighted by atomic mass is 10.1. The van der Waals surface area contributed by atoms with E-state index in [1.165, 1.54) is 5.56 Å². The molecule has 0 saturated carbocycles.